The summed E-state index contributed by atoms with van der Waals surface area (Å²) in [6.45, 7) is 14.8. The number of carboxylic acid groups (broad SMARTS) is 1. The van der Waals surface area contributed by atoms with Gasteiger partial charge in [0.1, 0.15) is 5.56 Å². The number of aromatic carboxylic acids is 1. The van der Waals surface area contributed by atoms with Gasteiger partial charge in [-0.1, -0.05) is 53.7 Å². The smallest absolute Gasteiger partial charge is 0.339 e. The van der Waals surface area contributed by atoms with Crippen molar-refractivity contribution in [1.82, 2.24) is 4.98 Å². The molecule has 4 rings (SSSR count). The van der Waals surface area contributed by atoms with Gasteiger partial charge < -0.3 is 14.8 Å². The lowest BCUT2D eigenvalue weighted by Gasteiger charge is -2.44. The van der Waals surface area contributed by atoms with E-state index >= 15 is 0 Å². The number of hydrogen-bond acceptors (Lipinski definition) is 4. The maximum atomic E-state index is 12.0. The topological polar surface area (TPSA) is 71.5 Å². The van der Waals surface area contributed by atoms with Crippen LogP contribution in [0.5, 0.6) is 0 Å². The minimum Gasteiger partial charge on any atom is -0.478 e. The van der Waals surface area contributed by atoms with Crippen LogP contribution in [-0.4, -0.2) is 37.0 Å². The molecule has 4 atom stereocenters. The minimum atomic E-state index is -1.93. The van der Waals surface area contributed by atoms with E-state index < -0.39 is 14.3 Å². The maximum absolute atomic E-state index is 12.0. The van der Waals surface area contributed by atoms with E-state index in [0.29, 0.717) is 34.4 Å². The Kier molecular flexibility index (Phi) is 6.56. The number of nitrogens with zero attached hydrogens (tertiary/aromatic N) is 1. The molecule has 1 unspecified atom stereocenters. The summed E-state index contributed by atoms with van der Waals surface area (Å²) in [6, 6.07) is 0.269. The van der Waals surface area contributed by atoms with Crippen LogP contribution in [0.2, 0.25) is 16.6 Å². The van der Waals surface area contributed by atoms with Gasteiger partial charge in [-0.2, -0.15) is 0 Å². The molecular formula is C26H40N2O3Si. The first-order valence-corrected chi connectivity index (χ1v) is 14.6. The molecule has 2 bridgehead atoms. The summed E-state index contributed by atoms with van der Waals surface area (Å²) in [7, 11) is -1.93. The molecule has 1 aromatic heterocycles. The number of pyridine rings is 1. The van der Waals surface area contributed by atoms with E-state index in [-0.39, 0.29) is 11.6 Å². The normalized spacial score (nSPS) is 26.5. The summed E-state index contributed by atoms with van der Waals surface area (Å²) in [5.41, 5.74) is 4.69. The van der Waals surface area contributed by atoms with E-state index in [0.717, 1.165) is 30.0 Å². The fourth-order valence-electron chi connectivity index (χ4n) is 7.30. The van der Waals surface area contributed by atoms with Crippen LogP contribution in [0.1, 0.15) is 82.4 Å². The Morgan fingerprint density at radius 1 is 1.16 bits per heavy atom. The summed E-state index contributed by atoms with van der Waals surface area (Å²) >= 11 is 0. The number of aromatic nitrogens is 1. The number of nitrogens with one attached hydrogen (secondary N) is 1. The van der Waals surface area contributed by atoms with Crippen molar-refractivity contribution < 1.29 is 14.3 Å². The summed E-state index contributed by atoms with van der Waals surface area (Å²) in [6.07, 6.45) is 10.1. The fourth-order valence-corrected chi connectivity index (χ4v) is 12.8. The second-order valence-electron chi connectivity index (χ2n) is 11.1. The largest absolute Gasteiger partial charge is 0.478 e. The van der Waals surface area contributed by atoms with Gasteiger partial charge in [0.2, 0.25) is 0 Å². The van der Waals surface area contributed by atoms with Crippen LogP contribution in [-0.2, 0) is 10.8 Å². The Bertz CT molecular complexity index is 874. The zero-order chi connectivity index (χ0) is 23.2. The predicted molar refractivity (Wildman–Crippen MR) is 133 cm³/mol. The summed E-state index contributed by atoms with van der Waals surface area (Å²) in [4.78, 5) is 16.4. The number of carboxylic acids is 1. The van der Waals surface area contributed by atoms with Crippen LogP contribution in [0.25, 0.3) is 6.08 Å². The minimum absolute atomic E-state index is 0.269. The Hall–Kier alpha value is -1.66. The van der Waals surface area contributed by atoms with E-state index in [4.69, 9.17) is 4.43 Å². The van der Waals surface area contributed by atoms with Gasteiger partial charge in [-0.25, -0.2) is 4.79 Å². The van der Waals surface area contributed by atoms with Gasteiger partial charge in [-0.3, -0.25) is 4.98 Å². The highest BCUT2D eigenvalue weighted by Crippen LogP contribution is 2.51. The lowest BCUT2D eigenvalue weighted by atomic mass is 9.84. The highest BCUT2D eigenvalue weighted by molar-refractivity contribution is 6.77. The molecule has 6 heteroatoms. The molecule has 3 aliphatic rings. The van der Waals surface area contributed by atoms with Crippen molar-refractivity contribution >= 4 is 26.1 Å². The molecule has 1 heterocycles. The molecule has 176 valence electrons. The first-order valence-electron chi connectivity index (χ1n) is 12.5. The third-order valence-electron chi connectivity index (χ3n) is 8.66. The molecule has 2 fully saturated rings. The average Bonchev–Trinajstić information content (AvgIpc) is 3.44. The van der Waals surface area contributed by atoms with Crippen LogP contribution in [0.4, 0.5) is 5.69 Å². The molecule has 0 spiro atoms. The number of carbonyl (C=O) groups is 1. The maximum Gasteiger partial charge on any atom is 0.339 e. The SMILES string of the molecule is CC(C)[Si](OC[C@@H]1[C@H]2CCC(C2)[C@@H]1Nc1c(C(=O)O)cnc2c1C=CC2)(C(C)C)C(C)C. The molecule has 1 aromatic rings. The van der Waals surface area contributed by atoms with Gasteiger partial charge in [0.05, 0.1) is 11.4 Å². The molecule has 0 saturated heterocycles. The van der Waals surface area contributed by atoms with Crippen LogP contribution >= 0.6 is 0 Å². The number of rotatable bonds is 9. The monoisotopic (exact) mass is 456 g/mol. The molecule has 0 radical (unpaired) electrons. The lowest BCUT2D eigenvalue weighted by Crippen LogP contribution is -2.50. The summed E-state index contributed by atoms with van der Waals surface area (Å²) in [5, 5.41) is 13.6. The van der Waals surface area contributed by atoms with Crippen LogP contribution in [0.3, 0.4) is 0 Å². The Morgan fingerprint density at radius 3 is 2.44 bits per heavy atom. The quantitative estimate of drug-likeness (QED) is 0.423. The zero-order valence-electron chi connectivity index (χ0n) is 20.5. The highest BCUT2D eigenvalue weighted by Gasteiger charge is 2.51. The Labute approximate surface area is 194 Å². The van der Waals surface area contributed by atoms with Crippen LogP contribution in [0.15, 0.2) is 12.3 Å². The van der Waals surface area contributed by atoms with Crippen molar-refractivity contribution in [2.24, 2.45) is 17.8 Å². The molecule has 3 aliphatic carbocycles. The molecular weight excluding hydrogens is 416 g/mol. The van der Waals surface area contributed by atoms with E-state index in [1.54, 1.807) is 0 Å². The van der Waals surface area contributed by atoms with E-state index in [9.17, 15) is 9.90 Å². The predicted octanol–water partition coefficient (Wildman–Crippen LogP) is 6.37. The lowest BCUT2D eigenvalue weighted by molar-refractivity contribution is 0.0697. The summed E-state index contributed by atoms with van der Waals surface area (Å²) < 4.78 is 7.05. The third-order valence-corrected chi connectivity index (χ3v) is 14.7. The van der Waals surface area contributed by atoms with Crippen molar-refractivity contribution in [2.45, 2.75) is 89.9 Å². The van der Waals surface area contributed by atoms with Crippen molar-refractivity contribution in [3.63, 3.8) is 0 Å². The molecule has 0 amide bonds. The van der Waals surface area contributed by atoms with E-state index in [1.807, 2.05) is 6.08 Å². The summed E-state index contributed by atoms with van der Waals surface area (Å²) in [5.74, 6) is 0.796. The van der Waals surface area contributed by atoms with Gasteiger partial charge in [0, 0.05) is 36.7 Å². The van der Waals surface area contributed by atoms with Crippen LogP contribution in [0, 0.1) is 17.8 Å². The molecule has 2 saturated carbocycles. The van der Waals surface area contributed by atoms with Crippen LogP contribution < -0.4 is 5.32 Å². The van der Waals surface area contributed by atoms with Crippen molar-refractivity contribution in [3.05, 3.63) is 29.1 Å². The van der Waals surface area contributed by atoms with Crippen molar-refractivity contribution in [2.75, 3.05) is 11.9 Å². The van der Waals surface area contributed by atoms with Gasteiger partial charge in [0.25, 0.3) is 0 Å². The number of fused-ring (bicyclic) bond motifs is 3. The zero-order valence-corrected chi connectivity index (χ0v) is 21.5. The molecule has 5 nitrogen and oxygen atoms in total. The average molecular weight is 457 g/mol. The fraction of sp³-hybridized carbons (Fsp3) is 0.692. The second kappa shape index (κ2) is 8.94. The van der Waals surface area contributed by atoms with Gasteiger partial charge in [-0.15, -0.1) is 0 Å². The number of hydrogen-bond donors (Lipinski definition) is 2. The van der Waals surface area contributed by atoms with E-state index in [2.05, 4.69) is 57.9 Å². The second-order valence-corrected chi connectivity index (χ2v) is 16.6. The molecule has 0 aliphatic heterocycles. The first-order chi connectivity index (χ1) is 15.2. The van der Waals surface area contributed by atoms with Gasteiger partial charge in [-0.05, 0) is 47.7 Å². The number of allylic oxidation sites excluding steroid dienone is 1. The third kappa shape index (κ3) is 3.83. The first kappa shape index (κ1) is 23.5. The molecule has 32 heavy (non-hydrogen) atoms. The van der Waals surface area contributed by atoms with Gasteiger partial charge in [0.15, 0.2) is 8.32 Å². The molecule has 0 aromatic carbocycles. The highest BCUT2D eigenvalue weighted by atomic mass is 28.4. The van der Waals surface area contributed by atoms with Crippen molar-refractivity contribution in [1.29, 1.82) is 0 Å². The standard InChI is InChI=1S/C26H40N2O3Si/c1-15(2)32(16(3)4,17(5)6)31-14-22-18-10-11-19(12-18)24(22)28-25-20-8-7-9-23(20)27-13-21(25)26(29)30/h7-8,13,15-19,22,24H,9-12,14H2,1-6H3,(H,27,28)(H,29,30)/t18-,19?,22+,24-/m0/s1. The van der Waals surface area contributed by atoms with Crippen molar-refractivity contribution in [3.8, 4) is 0 Å². The number of anilines is 1. The Morgan fingerprint density at radius 2 is 1.81 bits per heavy atom. The molecule has 2 N–H and O–H groups in total. The Balaban J connectivity index is 1.61. The van der Waals surface area contributed by atoms with Gasteiger partial charge >= 0.3 is 5.97 Å². The van der Waals surface area contributed by atoms with E-state index in [1.165, 1.54) is 25.5 Å².